The van der Waals surface area contributed by atoms with Gasteiger partial charge in [-0.25, -0.2) is 4.98 Å². The van der Waals surface area contributed by atoms with E-state index in [1.165, 1.54) is 11.4 Å². The molecule has 7 nitrogen and oxygen atoms in total. The lowest BCUT2D eigenvalue weighted by atomic mass is 10.3. The average molecular weight is 302 g/mol. The maximum atomic E-state index is 12.0. The van der Waals surface area contributed by atoms with Crippen LogP contribution in [0, 0.1) is 0 Å². The van der Waals surface area contributed by atoms with Crippen LogP contribution in [0.1, 0.15) is 12.0 Å². The smallest absolute Gasteiger partial charge is 0.279 e. The predicted octanol–water partition coefficient (Wildman–Crippen LogP) is -0.0341. The molecular weight excluding hydrogens is 280 g/mol. The Kier molecular flexibility index (Phi) is 6.86. The van der Waals surface area contributed by atoms with Crippen LogP contribution >= 0.6 is 0 Å². The number of rotatable bonds is 9. The molecule has 8 heteroatoms. The largest absolute Gasteiger partial charge is 0.481 e. The van der Waals surface area contributed by atoms with Gasteiger partial charge in [0.25, 0.3) is 10.2 Å². The Morgan fingerprint density at radius 3 is 2.85 bits per heavy atom. The van der Waals surface area contributed by atoms with E-state index in [1.54, 1.807) is 25.4 Å². The molecule has 0 aliphatic rings. The summed E-state index contributed by atoms with van der Waals surface area (Å²) in [4.78, 5) is 3.97. The Morgan fingerprint density at radius 2 is 2.20 bits per heavy atom. The first-order valence-corrected chi connectivity index (χ1v) is 7.78. The summed E-state index contributed by atoms with van der Waals surface area (Å²) in [5.41, 5.74) is 0.795. The lowest BCUT2D eigenvalue weighted by Gasteiger charge is -2.17. The zero-order valence-corrected chi connectivity index (χ0v) is 12.9. The number of pyridine rings is 1. The normalized spacial score (nSPS) is 11.8. The fourth-order valence-electron chi connectivity index (χ4n) is 1.56. The number of methoxy groups -OCH3 is 1. The van der Waals surface area contributed by atoms with Crippen LogP contribution in [-0.2, 0) is 16.8 Å². The molecule has 0 saturated carbocycles. The SMILES string of the molecule is CNCCCN(C)S(=O)(=O)NCc1ccnc(OC)c1. The standard InChI is InChI=1S/C12H22N4O3S/c1-13-6-4-8-16(2)20(17,18)15-10-11-5-7-14-12(9-11)19-3/h5,7,9,13,15H,4,6,8,10H2,1-3H3. The first-order valence-electron chi connectivity index (χ1n) is 6.34. The predicted molar refractivity (Wildman–Crippen MR) is 77.7 cm³/mol. The summed E-state index contributed by atoms with van der Waals surface area (Å²) < 4.78 is 32.9. The Balaban J connectivity index is 2.53. The molecule has 114 valence electrons. The van der Waals surface area contributed by atoms with Crippen molar-refractivity contribution in [2.45, 2.75) is 13.0 Å². The Bertz CT molecular complexity index is 507. The van der Waals surface area contributed by atoms with E-state index in [0.717, 1.165) is 18.5 Å². The van der Waals surface area contributed by atoms with Crippen molar-refractivity contribution in [1.29, 1.82) is 0 Å². The van der Waals surface area contributed by atoms with E-state index in [9.17, 15) is 8.42 Å². The molecular formula is C12H22N4O3S. The van der Waals surface area contributed by atoms with Crippen LogP contribution < -0.4 is 14.8 Å². The summed E-state index contributed by atoms with van der Waals surface area (Å²) in [6.45, 7) is 1.45. The lowest BCUT2D eigenvalue weighted by molar-refractivity contribution is 0.397. The molecule has 2 N–H and O–H groups in total. The van der Waals surface area contributed by atoms with E-state index < -0.39 is 10.2 Å². The van der Waals surface area contributed by atoms with Gasteiger partial charge in [-0.1, -0.05) is 0 Å². The first-order chi connectivity index (χ1) is 9.49. The minimum Gasteiger partial charge on any atom is -0.481 e. The number of nitrogens with zero attached hydrogens (tertiary/aromatic N) is 2. The maximum absolute atomic E-state index is 12.0. The minimum atomic E-state index is -3.46. The van der Waals surface area contributed by atoms with Gasteiger partial charge < -0.3 is 10.1 Å². The fraction of sp³-hybridized carbons (Fsp3) is 0.583. The Labute approximate surface area is 120 Å². The third kappa shape index (κ3) is 5.41. The molecule has 0 aliphatic heterocycles. The van der Waals surface area contributed by atoms with Crippen molar-refractivity contribution in [1.82, 2.24) is 19.3 Å². The highest BCUT2D eigenvalue weighted by Gasteiger charge is 2.16. The van der Waals surface area contributed by atoms with Crippen LogP contribution in [-0.4, -0.2) is 52.0 Å². The van der Waals surface area contributed by atoms with Crippen LogP contribution in [0.25, 0.3) is 0 Å². The third-order valence-corrected chi connectivity index (χ3v) is 4.29. The number of nitrogens with one attached hydrogen (secondary N) is 2. The van der Waals surface area contributed by atoms with Crippen molar-refractivity contribution in [2.75, 3.05) is 34.3 Å². The summed E-state index contributed by atoms with van der Waals surface area (Å²) in [6.07, 6.45) is 2.34. The second-order valence-corrected chi connectivity index (χ2v) is 6.17. The van der Waals surface area contributed by atoms with Crippen LogP contribution in [0.2, 0.25) is 0 Å². The molecule has 0 fully saturated rings. The lowest BCUT2D eigenvalue weighted by Crippen LogP contribution is -2.38. The van der Waals surface area contributed by atoms with E-state index in [0.29, 0.717) is 12.4 Å². The maximum Gasteiger partial charge on any atom is 0.279 e. The van der Waals surface area contributed by atoms with E-state index >= 15 is 0 Å². The van der Waals surface area contributed by atoms with Crippen molar-refractivity contribution in [3.05, 3.63) is 23.9 Å². The monoisotopic (exact) mass is 302 g/mol. The number of ether oxygens (including phenoxy) is 1. The van der Waals surface area contributed by atoms with Crippen molar-refractivity contribution in [2.24, 2.45) is 0 Å². The fourth-order valence-corrected chi connectivity index (χ4v) is 2.49. The number of aromatic nitrogens is 1. The van der Waals surface area contributed by atoms with Gasteiger partial charge in [0.05, 0.1) is 7.11 Å². The van der Waals surface area contributed by atoms with E-state index in [1.807, 2.05) is 7.05 Å². The molecule has 1 aromatic rings. The zero-order chi connectivity index (χ0) is 15.0. The Hall–Kier alpha value is -1.22. The van der Waals surface area contributed by atoms with E-state index in [-0.39, 0.29) is 6.54 Å². The highest BCUT2D eigenvalue weighted by molar-refractivity contribution is 7.87. The van der Waals surface area contributed by atoms with E-state index in [4.69, 9.17) is 4.74 Å². The summed E-state index contributed by atoms with van der Waals surface area (Å²) in [5, 5.41) is 2.98. The molecule has 0 amide bonds. The number of hydrogen-bond donors (Lipinski definition) is 2. The summed E-state index contributed by atoms with van der Waals surface area (Å²) in [6, 6.07) is 3.44. The molecule has 1 aromatic heterocycles. The van der Waals surface area contributed by atoms with Crippen LogP contribution in [0.4, 0.5) is 0 Å². The van der Waals surface area contributed by atoms with E-state index in [2.05, 4.69) is 15.0 Å². The molecule has 1 heterocycles. The van der Waals surface area contributed by atoms with Crippen molar-refractivity contribution in [3.8, 4) is 5.88 Å². The van der Waals surface area contributed by atoms with Crippen LogP contribution in [0.5, 0.6) is 5.88 Å². The second-order valence-electron chi connectivity index (χ2n) is 4.31. The molecule has 0 spiro atoms. The molecule has 0 saturated heterocycles. The first kappa shape index (κ1) is 16.8. The molecule has 0 atom stereocenters. The van der Waals surface area contributed by atoms with Gasteiger partial charge in [0.2, 0.25) is 5.88 Å². The molecule has 20 heavy (non-hydrogen) atoms. The van der Waals surface area contributed by atoms with Crippen molar-refractivity contribution in [3.63, 3.8) is 0 Å². The van der Waals surface area contributed by atoms with Gasteiger partial charge in [-0.2, -0.15) is 17.4 Å². The van der Waals surface area contributed by atoms with Gasteiger partial charge in [-0.3, -0.25) is 0 Å². The molecule has 0 aromatic carbocycles. The van der Waals surface area contributed by atoms with Gasteiger partial charge in [0, 0.05) is 32.4 Å². The summed E-state index contributed by atoms with van der Waals surface area (Å²) in [7, 11) is 1.45. The van der Waals surface area contributed by atoms with Gasteiger partial charge in [-0.05, 0) is 31.6 Å². The molecule has 0 aliphatic carbocycles. The second kappa shape index (κ2) is 8.15. The highest BCUT2D eigenvalue weighted by atomic mass is 32.2. The summed E-state index contributed by atoms with van der Waals surface area (Å²) >= 11 is 0. The van der Waals surface area contributed by atoms with Gasteiger partial charge in [0.1, 0.15) is 0 Å². The van der Waals surface area contributed by atoms with Gasteiger partial charge in [0.15, 0.2) is 0 Å². The van der Waals surface area contributed by atoms with Crippen LogP contribution in [0.3, 0.4) is 0 Å². The van der Waals surface area contributed by atoms with Gasteiger partial charge in [-0.15, -0.1) is 0 Å². The number of hydrogen-bond acceptors (Lipinski definition) is 5. The van der Waals surface area contributed by atoms with Crippen LogP contribution in [0.15, 0.2) is 18.3 Å². The molecule has 0 bridgehead atoms. The Morgan fingerprint density at radius 1 is 1.45 bits per heavy atom. The topological polar surface area (TPSA) is 83.6 Å². The molecule has 0 radical (unpaired) electrons. The average Bonchev–Trinajstić information content (AvgIpc) is 2.45. The highest BCUT2D eigenvalue weighted by Crippen LogP contribution is 2.08. The quantitative estimate of drug-likeness (QED) is 0.626. The zero-order valence-electron chi connectivity index (χ0n) is 12.1. The van der Waals surface area contributed by atoms with Gasteiger partial charge >= 0.3 is 0 Å². The van der Waals surface area contributed by atoms with Crippen molar-refractivity contribution < 1.29 is 13.2 Å². The third-order valence-electron chi connectivity index (χ3n) is 2.78. The van der Waals surface area contributed by atoms with Crippen molar-refractivity contribution >= 4 is 10.2 Å². The summed E-state index contributed by atoms with van der Waals surface area (Å²) in [5.74, 6) is 0.462. The molecule has 0 unspecified atom stereocenters. The minimum absolute atomic E-state index is 0.206. The molecule has 1 rings (SSSR count).